The first-order valence-electron chi connectivity index (χ1n) is 11.5. The molecule has 4 heterocycles. The van der Waals surface area contributed by atoms with Crippen LogP contribution < -0.4 is 9.64 Å². The molecule has 3 aromatic rings. The number of pyridine rings is 1. The number of carbonyl (C=O) groups is 1. The highest BCUT2D eigenvalue weighted by molar-refractivity contribution is 5.82. The van der Waals surface area contributed by atoms with Gasteiger partial charge >= 0.3 is 0 Å². The molecule has 0 aliphatic carbocycles. The van der Waals surface area contributed by atoms with Crippen LogP contribution in [0.15, 0.2) is 42.6 Å². The van der Waals surface area contributed by atoms with Crippen LogP contribution in [0.5, 0.6) is 5.88 Å². The zero-order valence-electron chi connectivity index (χ0n) is 19.3. The Labute approximate surface area is 201 Å². The third kappa shape index (κ3) is 4.95. The van der Waals surface area contributed by atoms with E-state index >= 15 is 0 Å². The van der Waals surface area contributed by atoms with Crippen LogP contribution >= 0.6 is 0 Å². The highest BCUT2D eigenvalue weighted by atomic mass is 19.3. The average Bonchev–Trinajstić information content (AvgIpc) is 3.23. The van der Waals surface area contributed by atoms with Crippen molar-refractivity contribution in [1.29, 1.82) is 0 Å². The first-order valence-corrected chi connectivity index (χ1v) is 11.5. The minimum absolute atomic E-state index is 0.00884. The molecule has 9 nitrogen and oxygen atoms in total. The minimum Gasteiger partial charge on any atom is -0.471 e. The molecule has 0 unspecified atom stereocenters. The number of anilines is 1. The number of benzene rings is 1. The maximum Gasteiger partial charge on any atom is 0.263 e. The summed E-state index contributed by atoms with van der Waals surface area (Å²) >= 11 is 0. The van der Waals surface area contributed by atoms with Crippen molar-refractivity contribution < 1.29 is 23.0 Å². The molecule has 2 fully saturated rings. The molecule has 1 aromatic carbocycles. The Bertz CT molecular complexity index is 1160. The van der Waals surface area contributed by atoms with Crippen molar-refractivity contribution in [2.75, 3.05) is 44.3 Å². The lowest BCUT2D eigenvalue weighted by molar-refractivity contribution is -0.140. The molecule has 2 aromatic heterocycles. The first-order chi connectivity index (χ1) is 17.0. The van der Waals surface area contributed by atoms with Gasteiger partial charge in [-0.05, 0) is 25.1 Å². The minimum atomic E-state index is -2.52. The Morgan fingerprint density at radius 1 is 1.11 bits per heavy atom. The second-order valence-corrected chi connectivity index (χ2v) is 8.61. The van der Waals surface area contributed by atoms with E-state index in [1.807, 2.05) is 17.9 Å². The number of hydrogen-bond donors (Lipinski definition) is 0. The van der Waals surface area contributed by atoms with Crippen molar-refractivity contribution in [3.05, 3.63) is 59.5 Å². The molecule has 0 atom stereocenters. The number of aryl methyl sites for hydroxylation is 1. The van der Waals surface area contributed by atoms with E-state index in [0.717, 1.165) is 5.69 Å². The fraction of sp³-hybridized carbons (Fsp3) is 0.417. The second-order valence-electron chi connectivity index (χ2n) is 8.61. The van der Waals surface area contributed by atoms with Crippen molar-refractivity contribution in [3.8, 4) is 11.6 Å². The van der Waals surface area contributed by atoms with Gasteiger partial charge in [0.25, 0.3) is 6.43 Å². The summed E-state index contributed by atoms with van der Waals surface area (Å²) in [6.07, 6.45) is -0.790. The lowest BCUT2D eigenvalue weighted by atomic mass is 9.97. The van der Waals surface area contributed by atoms with Crippen molar-refractivity contribution in [3.63, 3.8) is 0 Å². The fourth-order valence-electron chi connectivity index (χ4n) is 4.19. The van der Waals surface area contributed by atoms with Crippen LogP contribution in [0.3, 0.4) is 0 Å². The molecule has 0 saturated carbocycles. The van der Waals surface area contributed by atoms with Gasteiger partial charge in [-0.25, -0.2) is 18.4 Å². The Morgan fingerprint density at radius 2 is 1.83 bits per heavy atom. The summed E-state index contributed by atoms with van der Waals surface area (Å²) in [4.78, 5) is 21.0. The normalized spacial score (nSPS) is 16.5. The van der Waals surface area contributed by atoms with Crippen LogP contribution in [0.2, 0.25) is 0 Å². The maximum atomic E-state index is 12.8. The molecular formula is C24H26F2N6O3. The summed E-state index contributed by atoms with van der Waals surface area (Å²) in [5.41, 5.74) is 2.89. The van der Waals surface area contributed by atoms with E-state index in [1.54, 1.807) is 29.1 Å². The Kier molecular flexibility index (Phi) is 6.58. The van der Waals surface area contributed by atoms with Crippen molar-refractivity contribution in [2.45, 2.75) is 20.0 Å². The predicted octanol–water partition coefficient (Wildman–Crippen LogP) is 2.78. The predicted molar refractivity (Wildman–Crippen MR) is 123 cm³/mol. The molecule has 0 spiro atoms. The quantitative estimate of drug-likeness (QED) is 0.510. The molecule has 11 heteroatoms. The first kappa shape index (κ1) is 23.2. The van der Waals surface area contributed by atoms with Crippen LogP contribution in [0.4, 0.5) is 14.5 Å². The van der Waals surface area contributed by atoms with Gasteiger partial charge in [0.15, 0.2) is 0 Å². The zero-order valence-corrected chi connectivity index (χ0v) is 19.3. The number of halogens is 2. The summed E-state index contributed by atoms with van der Waals surface area (Å²) in [6.45, 7) is 5.87. The largest absolute Gasteiger partial charge is 0.471 e. The third-order valence-electron chi connectivity index (χ3n) is 6.34. The average molecular weight is 485 g/mol. The Morgan fingerprint density at radius 3 is 2.49 bits per heavy atom. The maximum absolute atomic E-state index is 12.8. The van der Waals surface area contributed by atoms with Gasteiger partial charge in [-0.3, -0.25) is 4.79 Å². The second kappa shape index (κ2) is 9.95. The van der Waals surface area contributed by atoms with Gasteiger partial charge in [0.2, 0.25) is 11.8 Å². The van der Waals surface area contributed by atoms with Gasteiger partial charge in [0.05, 0.1) is 42.4 Å². The lowest BCUT2D eigenvalue weighted by Crippen LogP contribution is -2.56. The fourth-order valence-corrected chi connectivity index (χ4v) is 4.19. The highest BCUT2D eigenvalue weighted by Crippen LogP contribution is 2.27. The topological polar surface area (TPSA) is 85.6 Å². The standard InChI is InChI=1S/C24H26F2N6O3/c1-16-21(32(29-28-16)19-4-2-17(3-5-19)23(25)26)15-35-22-7-6-20(12-27-22)31-13-18(14-31)24(33)30-8-10-34-11-9-30/h2-7,12,18,23H,8-11,13-15H2,1H3. The molecule has 2 aliphatic heterocycles. The smallest absolute Gasteiger partial charge is 0.263 e. The lowest BCUT2D eigenvalue weighted by Gasteiger charge is -2.42. The molecular weight excluding hydrogens is 458 g/mol. The number of alkyl halides is 2. The van der Waals surface area contributed by atoms with Crippen molar-refractivity contribution in [1.82, 2.24) is 24.9 Å². The molecule has 2 saturated heterocycles. The summed E-state index contributed by atoms with van der Waals surface area (Å²) < 4.78 is 38.4. The van der Waals surface area contributed by atoms with Gasteiger partial charge < -0.3 is 19.3 Å². The molecule has 35 heavy (non-hydrogen) atoms. The van der Waals surface area contributed by atoms with Crippen LogP contribution in [0.25, 0.3) is 5.69 Å². The molecule has 0 radical (unpaired) electrons. The molecule has 184 valence electrons. The van der Waals surface area contributed by atoms with Crippen molar-refractivity contribution in [2.24, 2.45) is 5.92 Å². The number of nitrogens with zero attached hydrogens (tertiary/aromatic N) is 6. The number of rotatable bonds is 7. The summed E-state index contributed by atoms with van der Waals surface area (Å²) in [6, 6.07) is 9.61. The van der Waals surface area contributed by atoms with Crippen molar-refractivity contribution >= 4 is 11.6 Å². The van der Waals surface area contributed by atoms with Gasteiger partial charge in [-0.15, -0.1) is 5.10 Å². The Balaban J connectivity index is 1.17. The number of ether oxygens (including phenoxy) is 2. The van der Waals surface area contributed by atoms with E-state index in [-0.39, 0.29) is 24.0 Å². The summed E-state index contributed by atoms with van der Waals surface area (Å²) in [5, 5.41) is 8.21. The summed E-state index contributed by atoms with van der Waals surface area (Å²) in [7, 11) is 0. The SMILES string of the molecule is Cc1nnn(-c2ccc(C(F)F)cc2)c1COc1ccc(N2CC(C(=O)N3CCOCC3)C2)cn1. The van der Waals surface area contributed by atoms with Gasteiger partial charge in [-0.1, -0.05) is 17.3 Å². The number of amides is 1. The molecule has 0 N–H and O–H groups in total. The number of aromatic nitrogens is 4. The molecule has 1 amide bonds. The molecule has 5 rings (SSSR count). The van der Waals surface area contributed by atoms with E-state index < -0.39 is 6.43 Å². The van der Waals surface area contributed by atoms with E-state index in [9.17, 15) is 13.6 Å². The van der Waals surface area contributed by atoms with Gasteiger partial charge in [0, 0.05) is 37.8 Å². The van der Waals surface area contributed by atoms with Crippen LogP contribution in [-0.2, 0) is 16.1 Å². The Hall–Kier alpha value is -3.60. The number of hydrogen-bond acceptors (Lipinski definition) is 7. The van der Waals surface area contributed by atoms with E-state index in [1.165, 1.54) is 12.1 Å². The monoisotopic (exact) mass is 484 g/mol. The van der Waals surface area contributed by atoms with Gasteiger partial charge in [-0.2, -0.15) is 0 Å². The van der Waals surface area contributed by atoms with E-state index in [4.69, 9.17) is 9.47 Å². The van der Waals surface area contributed by atoms with Crippen LogP contribution in [0.1, 0.15) is 23.4 Å². The number of morpholine rings is 1. The van der Waals surface area contributed by atoms with E-state index in [2.05, 4.69) is 20.2 Å². The van der Waals surface area contributed by atoms with E-state index in [0.29, 0.717) is 62.3 Å². The van der Waals surface area contributed by atoms with Crippen LogP contribution in [-0.4, -0.2) is 70.2 Å². The molecule has 0 bridgehead atoms. The number of carbonyl (C=O) groups excluding carboxylic acids is 1. The molecule has 2 aliphatic rings. The summed E-state index contributed by atoms with van der Waals surface area (Å²) in [5.74, 6) is 0.645. The van der Waals surface area contributed by atoms with Crippen LogP contribution in [0, 0.1) is 12.8 Å². The van der Waals surface area contributed by atoms with Gasteiger partial charge in [0.1, 0.15) is 12.3 Å². The highest BCUT2D eigenvalue weighted by Gasteiger charge is 2.36. The third-order valence-corrected chi connectivity index (χ3v) is 6.34. The zero-order chi connectivity index (χ0) is 24.4.